The van der Waals surface area contributed by atoms with Gasteiger partial charge in [0.15, 0.2) is 0 Å². The van der Waals surface area contributed by atoms with Crippen molar-refractivity contribution in [3.8, 4) is 0 Å². The molecule has 1 amide bonds. The Balaban J connectivity index is 2.42. The molecule has 0 saturated heterocycles. The van der Waals surface area contributed by atoms with E-state index in [9.17, 15) is 4.79 Å². The molecule has 3 nitrogen and oxygen atoms in total. The molecule has 0 N–H and O–H groups in total. The van der Waals surface area contributed by atoms with Crippen LogP contribution in [0.2, 0.25) is 0 Å². The van der Waals surface area contributed by atoms with Gasteiger partial charge in [-0.3, -0.25) is 4.79 Å². The zero-order valence-electron chi connectivity index (χ0n) is 10.5. The Bertz CT molecular complexity index is 322. The number of hydrogen-bond donors (Lipinski definition) is 0. The van der Waals surface area contributed by atoms with E-state index < -0.39 is 0 Å². The van der Waals surface area contributed by atoms with Crippen LogP contribution >= 0.6 is 11.6 Å². The summed E-state index contributed by atoms with van der Waals surface area (Å²) in [6.07, 6.45) is 3.63. The molecule has 0 radical (unpaired) electrons. The first kappa shape index (κ1) is 14.1. The Morgan fingerprint density at radius 2 is 2.29 bits per heavy atom. The first-order valence-electron chi connectivity index (χ1n) is 6.03. The standard InChI is InChI=1S/C13H20ClNO2/c1-11(2)15(9-4-8-14)13(16)7-6-12-5-3-10-17-12/h3,5,10-11H,4,6-9H2,1-2H3. The van der Waals surface area contributed by atoms with Crippen molar-refractivity contribution < 1.29 is 9.21 Å². The summed E-state index contributed by atoms with van der Waals surface area (Å²) in [5.74, 6) is 1.62. The highest BCUT2D eigenvalue weighted by molar-refractivity contribution is 6.17. The van der Waals surface area contributed by atoms with Gasteiger partial charge in [0, 0.05) is 31.3 Å². The zero-order valence-corrected chi connectivity index (χ0v) is 11.2. The number of carbonyl (C=O) groups is 1. The van der Waals surface area contributed by atoms with Crippen molar-refractivity contribution in [2.45, 2.75) is 39.2 Å². The number of rotatable bonds is 7. The second-order valence-corrected chi connectivity index (χ2v) is 4.68. The van der Waals surface area contributed by atoms with E-state index in [0.717, 1.165) is 18.7 Å². The third-order valence-electron chi connectivity index (χ3n) is 2.64. The van der Waals surface area contributed by atoms with E-state index in [0.29, 0.717) is 18.7 Å². The highest BCUT2D eigenvalue weighted by Crippen LogP contribution is 2.08. The van der Waals surface area contributed by atoms with Crippen LogP contribution in [-0.2, 0) is 11.2 Å². The first-order valence-corrected chi connectivity index (χ1v) is 6.56. The minimum absolute atomic E-state index is 0.168. The van der Waals surface area contributed by atoms with Gasteiger partial charge in [-0.15, -0.1) is 11.6 Å². The molecule has 0 aliphatic heterocycles. The van der Waals surface area contributed by atoms with E-state index in [-0.39, 0.29) is 11.9 Å². The molecular formula is C13H20ClNO2. The fourth-order valence-electron chi connectivity index (χ4n) is 1.73. The molecule has 1 aromatic heterocycles. The van der Waals surface area contributed by atoms with E-state index in [1.807, 2.05) is 30.9 Å². The van der Waals surface area contributed by atoms with Crippen LogP contribution in [0.4, 0.5) is 0 Å². The summed E-state index contributed by atoms with van der Waals surface area (Å²) in [7, 11) is 0. The van der Waals surface area contributed by atoms with E-state index >= 15 is 0 Å². The summed E-state index contributed by atoms with van der Waals surface area (Å²) in [5, 5.41) is 0. The second kappa shape index (κ2) is 7.38. The van der Waals surface area contributed by atoms with Crippen LogP contribution in [0.3, 0.4) is 0 Å². The molecular weight excluding hydrogens is 238 g/mol. The van der Waals surface area contributed by atoms with Crippen LogP contribution in [0.25, 0.3) is 0 Å². The predicted molar refractivity (Wildman–Crippen MR) is 69.2 cm³/mol. The third-order valence-corrected chi connectivity index (χ3v) is 2.91. The molecule has 0 unspecified atom stereocenters. The molecule has 0 atom stereocenters. The lowest BCUT2D eigenvalue weighted by Crippen LogP contribution is -2.38. The Labute approximate surface area is 108 Å². The highest BCUT2D eigenvalue weighted by Gasteiger charge is 2.16. The van der Waals surface area contributed by atoms with Crippen molar-refractivity contribution in [2.75, 3.05) is 12.4 Å². The van der Waals surface area contributed by atoms with Crippen LogP contribution in [0.1, 0.15) is 32.4 Å². The maximum Gasteiger partial charge on any atom is 0.223 e. The molecule has 17 heavy (non-hydrogen) atoms. The Kier molecular flexibility index (Phi) is 6.12. The molecule has 0 aliphatic carbocycles. The third kappa shape index (κ3) is 4.82. The summed E-state index contributed by atoms with van der Waals surface area (Å²) < 4.78 is 5.21. The summed E-state index contributed by atoms with van der Waals surface area (Å²) in [6, 6.07) is 3.96. The van der Waals surface area contributed by atoms with Gasteiger partial charge in [0.05, 0.1) is 6.26 Å². The zero-order chi connectivity index (χ0) is 12.7. The normalized spacial score (nSPS) is 10.8. The molecule has 4 heteroatoms. The van der Waals surface area contributed by atoms with Crippen molar-refractivity contribution in [2.24, 2.45) is 0 Å². The van der Waals surface area contributed by atoms with Gasteiger partial charge in [0.1, 0.15) is 5.76 Å². The molecule has 96 valence electrons. The fourth-order valence-corrected chi connectivity index (χ4v) is 1.85. The number of nitrogens with zero attached hydrogens (tertiary/aromatic N) is 1. The number of carbonyl (C=O) groups excluding carboxylic acids is 1. The monoisotopic (exact) mass is 257 g/mol. The Morgan fingerprint density at radius 3 is 2.82 bits per heavy atom. The molecule has 0 bridgehead atoms. The fraction of sp³-hybridized carbons (Fsp3) is 0.615. The van der Waals surface area contributed by atoms with E-state index in [1.165, 1.54) is 0 Å². The number of aryl methyl sites for hydroxylation is 1. The maximum atomic E-state index is 12.0. The lowest BCUT2D eigenvalue weighted by molar-refractivity contribution is -0.132. The first-order chi connectivity index (χ1) is 8.15. The van der Waals surface area contributed by atoms with Gasteiger partial charge in [-0.2, -0.15) is 0 Å². The minimum atomic E-state index is 0.168. The van der Waals surface area contributed by atoms with Crippen molar-refractivity contribution in [1.82, 2.24) is 4.90 Å². The molecule has 0 spiro atoms. The topological polar surface area (TPSA) is 33.5 Å². The molecule has 1 aromatic rings. The largest absolute Gasteiger partial charge is 0.469 e. The number of alkyl halides is 1. The van der Waals surface area contributed by atoms with Gasteiger partial charge >= 0.3 is 0 Å². The lowest BCUT2D eigenvalue weighted by atomic mass is 10.2. The van der Waals surface area contributed by atoms with Crippen LogP contribution in [0.5, 0.6) is 0 Å². The number of furan rings is 1. The quantitative estimate of drug-likeness (QED) is 0.704. The second-order valence-electron chi connectivity index (χ2n) is 4.30. The van der Waals surface area contributed by atoms with E-state index in [1.54, 1.807) is 6.26 Å². The average molecular weight is 258 g/mol. The molecule has 1 rings (SSSR count). The summed E-state index contributed by atoms with van der Waals surface area (Å²) >= 11 is 5.66. The Hall–Kier alpha value is -0.960. The van der Waals surface area contributed by atoms with E-state index in [4.69, 9.17) is 16.0 Å². The van der Waals surface area contributed by atoms with Crippen molar-refractivity contribution >= 4 is 17.5 Å². The van der Waals surface area contributed by atoms with Gasteiger partial charge in [-0.25, -0.2) is 0 Å². The smallest absolute Gasteiger partial charge is 0.223 e. The van der Waals surface area contributed by atoms with Crippen LogP contribution in [0, 0.1) is 0 Å². The van der Waals surface area contributed by atoms with Crippen LogP contribution in [-0.4, -0.2) is 29.3 Å². The van der Waals surface area contributed by atoms with Gasteiger partial charge in [0.25, 0.3) is 0 Å². The van der Waals surface area contributed by atoms with Gasteiger partial charge < -0.3 is 9.32 Å². The summed E-state index contributed by atoms with van der Waals surface area (Å²) in [5.41, 5.74) is 0. The molecule has 0 saturated carbocycles. The maximum absolute atomic E-state index is 12.0. The van der Waals surface area contributed by atoms with E-state index in [2.05, 4.69) is 0 Å². The van der Waals surface area contributed by atoms with Crippen LogP contribution < -0.4 is 0 Å². The van der Waals surface area contributed by atoms with Crippen LogP contribution in [0.15, 0.2) is 22.8 Å². The SMILES string of the molecule is CC(C)N(CCCCl)C(=O)CCc1ccco1. The summed E-state index contributed by atoms with van der Waals surface area (Å²) in [4.78, 5) is 13.9. The summed E-state index contributed by atoms with van der Waals surface area (Å²) in [6.45, 7) is 4.79. The lowest BCUT2D eigenvalue weighted by Gasteiger charge is -2.26. The number of halogens is 1. The Morgan fingerprint density at radius 1 is 1.53 bits per heavy atom. The predicted octanol–water partition coefficient (Wildman–Crippen LogP) is 3.08. The van der Waals surface area contributed by atoms with Crippen molar-refractivity contribution in [1.29, 1.82) is 0 Å². The molecule has 1 heterocycles. The van der Waals surface area contributed by atoms with Gasteiger partial charge in [-0.1, -0.05) is 0 Å². The molecule has 0 aliphatic rings. The average Bonchev–Trinajstić information content (AvgIpc) is 2.79. The van der Waals surface area contributed by atoms with Gasteiger partial charge in [-0.05, 0) is 32.4 Å². The minimum Gasteiger partial charge on any atom is -0.469 e. The van der Waals surface area contributed by atoms with Gasteiger partial charge in [0.2, 0.25) is 5.91 Å². The number of amides is 1. The molecule has 0 aromatic carbocycles. The number of hydrogen-bond acceptors (Lipinski definition) is 2. The van der Waals surface area contributed by atoms with Crippen molar-refractivity contribution in [3.05, 3.63) is 24.2 Å². The molecule has 0 fully saturated rings. The van der Waals surface area contributed by atoms with Crippen molar-refractivity contribution in [3.63, 3.8) is 0 Å². The highest BCUT2D eigenvalue weighted by atomic mass is 35.5.